The average molecular weight is 230 g/mol. The highest BCUT2D eigenvalue weighted by Gasteiger charge is 2.14. The van der Waals surface area contributed by atoms with Gasteiger partial charge in [0.2, 0.25) is 0 Å². The van der Waals surface area contributed by atoms with Gasteiger partial charge in [-0.2, -0.15) is 5.10 Å². The number of hydrogen-bond donors (Lipinski definition) is 1. The first-order chi connectivity index (χ1) is 8.00. The minimum absolute atomic E-state index is 0.0225. The monoisotopic (exact) mass is 230 g/mol. The predicted molar refractivity (Wildman–Crippen MR) is 65.1 cm³/mol. The number of rotatable bonds is 2. The molecule has 0 spiro atoms. The molecular weight excluding hydrogens is 216 g/mol. The molecule has 0 fully saturated rings. The zero-order chi connectivity index (χ0) is 12.6. The highest BCUT2D eigenvalue weighted by atomic mass is 16.3. The van der Waals surface area contributed by atoms with Crippen molar-refractivity contribution in [3.63, 3.8) is 0 Å². The largest absolute Gasteiger partial charge is 0.508 e. The van der Waals surface area contributed by atoms with E-state index in [1.807, 2.05) is 13.0 Å². The van der Waals surface area contributed by atoms with Crippen LogP contribution >= 0.6 is 0 Å². The van der Waals surface area contributed by atoms with Crippen LogP contribution in [-0.4, -0.2) is 20.7 Å². The number of carbonyl (C=O) groups excluding carboxylic acids is 1. The van der Waals surface area contributed by atoms with E-state index in [1.54, 1.807) is 30.1 Å². The lowest BCUT2D eigenvalue weighted by atomic mass is 10.0. The molecule has 0 unspecified atom stereocenters. The van der Waals surface area contributed by atoms with E-state index in [0.29, 0.717) is 5.69 Å². The number of nitrogens with zero attached hydrogens (tertiary/aromatic N) is 2. The second kappa shape index (κ2) is 4.05. The fourth-order valence-corrected chi connectivity index (χ4v) is 1.89. The van der Waals surface area contributed by atoms with E-state index in [2.05, 4.69) is 5.10 Å². The summed E-state index contributed by atoms with van der Waals surface area (Å²) in [5.74, 6) is 0.229. The maximum atomic E-state index is 11.6. The van der Waals surface area contributed by atoms with Gasteiger partial charge in [-0.15, -0.1) is 0 Å². The Morgan fingerprint density at radius 1 is 1.41 bits per heavy atom. The highest BCUT2D eigenvalue weighted by Crippen LogP contribution is 2.27. The second-order valence-electron chi connectivity index (χ2n) is 4.09. The molecule has 2 aromatic rings. The summed E-state index contributed by atoms with van der Waals surface area (Å²) in [6, 6.07) is 5.26. The molecule has 0 aliphatic rings. The first-order valence-electron chi connectivity index (χ1n) is 5.33. The molecule has 2 rings (SSSR count). The van der Waals surface area contributed by atoms with E-state index in [-0.39, 0.29) is 11.5 Å². The van der Waals surface area contributed by atoms with Crippen LogP contribution in [-0.2, 0) is 7.05 Å². The summed E-state index contributed by atoms with van der Waals surface area (Å²) >= 11 is 0. The maximum absolute atomic E-state index is 11.6. The molecule has 1 heterocycles. The number of hydrogen-bond acceptors (Lipinski definition) is 3. The molecule has 4 heteroatoms. The standard InChI is InChI=1S/C13H14N2O2/c1-8-6-10(4-5-12(8)17)11-7-14-15(3)13(11)9(2)16/h4-7,17H,1-3H3. The molecule has 0 aliphatic heterocycles. The number of benzene rings is 1. The molecule has 1 aromatic heterocycles. The number of Topliss-reactive ketones (excluding diaryl/α,β-unsaturated/α-hetero) is 1. The van der Waals surface area contributed by atoms with Gasteiger partial charge < -0.3 is 5.11 Å². The van der Waals surface area contributed by atoms with Crippen LogP contribution in [0.25, 0.3) is 11.1 Å². The Morgan fingerprint density at radius 2 is 2.12 bits per heavy atom. The summed E-state index contributed by atoms with van der Waals surface area (Å²) < 4.78 is 1.57. The molecule has 0 amide bonds. The maximum Gasteiger partial charge on any atom is 0.178 e. The second-order valence-corrected chi connectivity index (χ2v) is 4.09. The van der Waals surface area contributed by atoms with Crippen molar-refractivity contribution >= 4 is 5.78 Å². The zero-order valence-electron chi connectivity index (χ0n) is 10.1. The molecule has 0 aliphatic carbocycles. The van der Waals surface area contributed by atoms with Gasteiger partial charge in [0.15, 0.2) is 5.78 Å². The van der Waals surface area contributed by atoms with E-state index in [0.717, 1.165) is 16.7 Å². The van der Waals surface area contributed by atoms with Crippen LogP contribution in [0.3, 0.4) is 0 Å². The van der Waals surface area contributed by atoms with Gasteiger partial charge in [0, 0.05) is 19.5 Å². The molecule has 0 saturated heterocycles. The summed E-state index contributed by atoms with van der Waals surface area (Å²) in [7, 11) is 1.74. The van der Waals surface area contributed by atoms with E-state index in [4.69, 9.17) is 0 Å². The van der Waals surface area contributed by atoms with Gasteiger partial charge in [-0.05, 0) is 30.2 Å². The van der Waals surface area contributed by atoms with Crippen LogP contribution in [0.5, 0.6) is 5.75 Å². The third-order valence-corrected chi connectivity index (χ3v) is 2.78. The summed E-state index contributed by atoms with van der Waals surface area (Å²) in [6.45, 7) is 3.34. The third kappa shape index (κ3) is 1.93. The predicted octanol–water partition coefficient (Wildman–Crippen LogP) is 2.30. The Balaban J connectivity index is 2.60. The summed E-state index contributed by atoms with van der Waals surface area (Å²) in [6.07, 6.45) is 1.67. The summed E-state index contributed by atoms with van der Waals surface area (Å²) in [4.78, 5) is 11.6. The molecule has 88 valence electrons. The van der Waals surface area contributed by atoms with Gasteiger partial charge in [0.1, 0.15) is 11.4 Å². The van der Waals surface area contributed by atoms with E-state index in [1.165, 1.54) is 6.92 Å². The minimum Gasteiger partial charge on any atom is -0.508 e. The van der Waals surface area contributed by atoms with Gasteiger partial charge in [-0.1, -0.05) is 6.07 Å². The van der Waals surface area contributed by atoms with Crippen molar-refractivity contribution < 1.29 is 9.90 Å². The Kier molecular flexibility index (Phi) is 2.71. The SMILES string of the molecule is CC(=O)c1c(-c2ccc(O)c(C)c2)cnn1C. The fourth-order valence-electron chi connectivity index (χ4n) is 1.89. The van der Waals surface area contributed by atoms with Crippen LogP contribution in [0.2, 0.25) is 0 Å². The first-order valence-corrected chi connectivity index (χ1v) is 5.33. The third-order valence-electron chi connectivity index (χ3n) is 2.78. The van der Waals surface area contributed by atoms with Crippen LogP contribution in [0, 0.1) is 6.92 Å². The molecule has 1 N–H and O–H groups in total. The van der Waals surface area contributed by atoms with Crippen molar-refractivity contribution in [3.8, 4) is 16.9 Å². The zero-order valence-corrected chi connectivity index (χ0v) is 10.1. The van der Waals surface area contributed by atoms with Gasteiger partial charge in [-0.25, -0.2) is 0 Å². The van der Waals surface area contributed by atoms with Crippen LogP contribution < -0.4 is 0 Å². The van der Waals surface area contributed by atoms with Crippen LogP contribution in [0.1, 0.15) is 23.0 Å². The molecule has 0 bridgehead atoms. The Hall–Kier alpha value is -2.10. The van der Waals surface area contributed by atoms with Crippen molar-refractivity contribution in [1.82, 2.24) is 9.78 Å². The topological polar surface area (TPSA) is 55.1 Å². The number of aryl methyl sites for hydroxylation is 2. The van der Waals surface area contributed by atoms with Crippen LogP contribution in [0.4, 0.5) is 0 Å². The van der Waals surface area contributed by atoms with Crippen LogP contribution in [0.15, 0.2) is 24.4 Å². The normalized spacial score (nSPS) is 10.5. The molecule has 0 radical (unpaired) electrons. The van der Waals surface area contributed by atoms with Crippen molar-refractivity contribution in [2.75, 3.05) is 0 Å². The highest BCUT2D eigenvalue weighted by molar-refractivity contribution is 5.99. The lowest BCUT2D eigenvalue weighted by Crippen LogP contribution is -2.04. The molecule has 0 saturated carbocycles. The summed E-state index contributed by atoms with van der Waals surface area (Å²) in [5, 5.41) is 13.6. The fraction of sp³-hybridized carbons (Fsp3) is 0.231. The smallest absolute Gasteiger partial charge is 0.178 e. The molecule has 1 aromatic carbocycles. The Labute approximate surface area is 99.5 Å². The van der Waals surface area contributed by atoms with Gasteiger partial charge in [0.05, 0.1) is 6.20 Å². The molecular formula is C13H14N2O2. The van der Waals surface area contributed by atoms with Gasteiger partial charge in [0.25, 0.3) is 0 Å². The van der Waals surface area contributed by atoms with Gasteiger partial charge >= 0.3 is 0 Å². The van der Waals surface area contributed by atoms with Crippen molar-refractivity contribution in [2.24, 2.45) is 7.05 Å². The number of carbonyl (C=O) groups is 1. The number of aromatic nitrogens is 2. The number of aromatic hydroxyl groups is 1. The van der Waals surface area contributed by atoms with Crippen molar-refractivity contribution in [2.45, 2.75) is 13.8 Å². The average Bonchev–Trinajstić information content (AvgIpc) is 2.64. The minimum atomic E-state index is -0.0225. The van der Waals surface area contributed by atoms with E-state index < -0.39 is 0 Å². The Bertz CT molecular complexity index is 585. The first kappa shape index (κ1) is 11.4. The number of phenols is 1. The van der Waals surface area contributed by atoms with E-state index in [9.17, 15) is 9.90 Å². The Morgan fingerprint density at radius 3 is 2.71 bits per heavy atom. The molecule has 4 nitrogen and oxygen atoms in total. The van der Waals surface area contributed by atoms with E-state index >= 15 is 0 Å². The number of ketones is 1. The van der Waals surface area contributed by atoms with Crippen molar-refractivity contribution in [3.05, 3.63) is 35.7 Å². The number of phenolic OH excluding ortho intramolecular Hbond substituents is 1. The van der Waals surface area contributed by atoms with Crippen molar-refractivity contribution in [1.29, 1.82) is 0 Å². The van der Waals surface area contributed by atoms with Gasteiger partial charge in [-0.3, -0.25) is 9.48 Å². The molecule has 0 atom stereocenters. The lowest BCUT2D eigenvalue weighted by molar-refractivity contribution is 0.100. The lowest BCUT2D eigenvalue weighted by Gasteiger charge is -2.05. The molecule has 17 heavy (non-hydrogen) atoms. The quantitative estimate of drug-likeness (QED) is 0.805. The summed E-state index contributed by atoms with van der Waals surface area (Å²) in [5.41, 5.74) is 3.04.